The molecule has 8 nitrogen and oxygen atoms in total. The van der Waals surface area contributed by atoms with Crippen LogP contribution in [0.3, 0.4) is 0 Å². The molecule has 0 heterocycles. The first-order valence-corrected chi connectivity index (χ1v) is 9.03. The number of nitrogens with one attached hydrogen (secondary N) is 1. The zero-order valence-corrected chi connectivity index (χ0v) is 13.7. The second kappa shape index (κ2) is 6.60. The van der Waals surface area contributed by atoms with Crippen LogP contribution in [-0.2, 0) is 20.0 Å². The normalized spacial score (nSPS) is 12.6. The van der Waals surface area contributed by atoms with E-state index in [1.165, 1.54) is 39.4 Å². The number of sulfonamides is 2. The van der Waals surface area contributed by atoms with Crippen LogP contribution in [0.2, 0.25) is 0 Å². The van der Waals surface area contributed by atoms with Crippen molar-refractivity contribution in [3.8, 4) is 5.75 Å². The molecule has 1 aromatic carbocycles. The summed E-state index contributed by atoms with van der Waals surface area (Å²) in [5, 5.41) is 0. The minimum absolute atomic E-state index is 0.132. The fourth-order valence-electron chi connectivity index (χ4n) is 1.47. The van der Waals surface area contributed by atoms with Crippen molar-refractivity contribution in [2.45, 2.75) is 4.90 Å². The number of benzene rings is 1. The summed E-state index contributed by atoms with van der Waals surface area (Å²) in [4.78, 5) is -0.132. The Morgan fingerprint density at radius 2 is 1.86 bits per heavy atom. The van der Waals surface area contributed by atoms with Gasteiger partial charge in [0.1, 0.15) is 10.6 Å². The Morgan fingerprint density at radius 3 is 2.38 bits per heavy atom. The first kappa shape index (κ1) is 17.7. The summed E-state index contributed by atoms with van der Waals surface area (Å²) in [7, 11) is -3.29. The zero-order valence-electron chi connectivity index (χ0n) is 12.0. The van der Waals surface area contributed by atoms with Crippen molar-refractivity contribution in [1.29, 1.82) is 0 Å². The third-order valence-corrected chi connectivity index (χ3v) is 6.00. The lowest BCUT2D eigenvalue weighted by Crippen LogP contribution is -2.34. The highest BCUT2D eigenvalue weighted by Gasteiger charge is 2.21. The van der Waals surface area contributed by atoms with Crippen molar-refractivity contribution in [2.24, 2.45) is 0 Å². The molecule has 0 bridgehead atoms. The van der Waals surface area contributed by atoms with Crippen LogP contribution in [0.1, 0.15) is 0 Å². The van der Waals surface area contributed by atoms with Gasteiger partial charge in [-0.1, -0.05) is 0 Å². The predicted octanol–water partition coefficient (Wildman–Crippen LogP) is -0.553. The van der Waals surface area contributed by atoms with Gasteiger partial charge in [-0.3, -0.25) is 0 Å². The van der Waals surface area contributed by atoms with Gasteiger partial charge in [0, 0.05) is 26.3 Å². The minimum Gasteiger partial charge on any atom is -0.495 e. The molecule has 0 radical (unpaired) electrons. The highest BCUT2D eigenvalue weighted by Crippen LogP contribution is 2.25. The Balaban J connectivity index is 2.91. The quantitative estimate of drug-likeness (QED) is 0.644. The average Bonchev–Trinajstić information content (AvgIpc) is 2.38. The number of rotatable bonds is 7. The number of hydrogen-bond donors (Lipinski definition) is 2. The molecule has 0 aliphatic carbocycles. The summed E-state index contributed by atoms with van der Waals surface area (Å²) < 4.78 is 55.7. The Kier molecular flexibility index (Phi) is 5.56. The summed E-state index contributed by atoms with van der Waals surface area (Å²) in [6.45, 7) is -0.249. The largest absolute Gasteiger partial charge is 0.495 e. The van der Waals surface area contributed by atoms with Crippen molar-refractivity contribution in [3.63, 3.8) is 0 Å². The fourth-order valence-corrected chi connectivity index (χ4v) is 3.56. The molecule has 0 aromatic heterocycles. The Hall–Kier alpha value is -1.36. The highest BCUT2D eigenvalue weighted by molar-refractivity contribution is 7.90. The van der Waals surface area contributed by atoms with Gasteiger partial charge in [0.15, 0.2) is 0 Å². The lowest BCUT2D eigenvalue weighted by molar-refractivity contribution is 0.402. The molecule has 0 spiro atoms. The summed E-state index contributed by atoms with van der Waals surface area (Å²) in [5.74, 6) is -0.212. The molecule has 0 fully saturated rings. The van der Waals surface area contributed by atoms with Crippen LogP contribution in [-0.4, -0.2) is 54.6 Å². The average molecular weight is 337 g/mol. The maximum atomic E-state index is 12.2. The summed E-state index contributed by atoms with van der Waals surface area (Å²) in [5.41, 5.74) is 5.83. The molecular formula is C11H19N3O5S2. The van der Waals surface area contributed by atoms with E-state index in [4.69, 9.17) is 10.5 Å². The van der Waals surface area contributed by atoms with E-state index in [-0.39, 0.29) is 28.6 Å². The Bertz CT molecular complexity index is 699. The number of methoxy groups -OCH3 is 1. The molecule has 120 valence electrons. The first-order valence-electron chi connectivity index (χ1n) is 5.93. The summed E-state index contributed by atoms with van der Waals surface area (Å²) in [6.07, 6.45) is 0. The maximum Gasteiger partial charge on any atom is 0.244 e. The fraction of sp³-hybridized carbons (Fsp3) is 0.455. The van der Waals surface area contributed by atoms with E-state index in [0.717, 1.165) is 4.31 Å². The molecule has 1 aromatic rings. The monoisotopic (exact) mass is 337 g/mol. The number of anilines is 1. The van der Waals surface area contributed by atoms with Crippen LogP contribution in [0, 0.1) is 0 Å². The van der Waals surface area contributed by atoms with E-state index >= 15 is 0 Å². The van der Waals surface area contributed by atoms with Gasteiger partial charge in [0.05, 0.1) is 12.9 Å². The van der Waals surface area contributed by atoms with Crippen LogP contribution in [0.15, 0.2) is 23.1 Å². The molecule has 21 heavy (non-hydrogen) atoms. The highest BCUT2D eigenvalue weighted by atomic mass is 32.2. The van der Waals surface area contributed by atoms with Gasteiger partial charge in [-0.25, -0.2) is 25.9 Å². The standard InChI is InChI=1S/C11H19N3O5S2/c1-14(2)20(15,16)7-6-13-21(17,18)11-8-9(12)4-5-10(11)19-3/h4-5,8,13H,6-7,12H2,1-3H3. The van der Waals surface area contributed by atoms with Crippen molar-refractivity contribution in [2.75, 3.05) is 39.2 Å². The number of nitrogen functional groups attached to an aromatic ring is 1. The van der Waals surface area contributed by atoms with Crippen LogP contribution in [0.4, 0.5) is 5.69 Å². The molecule has 1 rings (SSSR count). The molecule has 3 N–H and O–H groups in total. The van der Waals surface area contributed by atoms with Crippen molar-refractivity contribution in [1.82, 2.24) is 9.03 Å². The van der Waals surface area contributed by atoms with E-state index < -0.39 is 20.0 Å². The smallest absolute Gasteiger partial charge is 0.244 e. The Labute approximate surface area is 125 Å². The maximum absolute atomic E-state index is 12.2. The van der Waals surface area contributed by atoms with Crippen molar-refractivity contribution in [3.05, 3.63) is 18.2 Å². The molecule has 0 aliphatic rings. The van der Waals surface area contributed by atoms with Crippen LogP contribution >= 0.6 is 0 Å². The zero-order chi connectivity index (χ0) is 16.3. The SMILES string of the molecule is COc1ccc(N)cc1S(=O)(=O)NCCS(=O)(=O)N(C)C. The van der Waals surface area contributed by atoms with Gasteiger partial charge in [-0.05, 0) is 18.2 Å². The molecule has 0 aliphatic heterocycles. The van der Waals surface area contributed by atoms with E-state index in [1.54, 1.807) is 0 Å². The molecule has 10 heteroatoms. The lowest BCUT2D eigenvalue weighted by Gasteiger charge is -2.13. The number of nitrogens with zero attached hydrogens (tertiary/aromatic N) is 1. The van der Waals surface area contributed by atoms with E-state index in [0.29, 0.717) is 0 Å². The van der Waals surface area contributed by atoms with Gasteiger partial charge in [-0.2, -0.15) is 0 Å². The van der Waals surface area contributed by atoms with Crippen molar-refractivity contribution >= 4 is 25.7 Å². The van der Waals surface area contributed by atoms with Gasteiger partial charge in [-0.15, -0.1) is 0 Å². The van der Waals surface area contributed by atoms with Crippen LogP contribution in [0.25, 0.3) is 0 Å². The second-order valence-corrected chi connectivity index (χ2v) is 8.44. The minimum atomic E-state index is -3.91. The van der Waals surface area contributed by atoms with Crippen molar-refractivity contribution < 1.29 is 21.6 Å². The van der Waals surface area contributed by atoms with Gasteiger partial charge < -0.3 is 10.5 Å². The Morgan fingerprint density at radius 1 is 1.24 bits per heavy atom. The third kappa shape index (κ3) is 4.56. The van der Waals surface area contributed by atoms with E-state index in [9.17, 15) is 16.8 Å². The third-order valence-electron chi connectivity index (χ3n) is 2.69. The molecule has 0 atom stereocenters. The topological polar surface area (TPSA) is 119 Å². The molecular weight excluding hydrogens is 318 g/mol. The number of nitrogens with two attached hydrogens (primary N) is 1. The van der Waals surface area contributed by atoms with Gasteiger partial charge in [0.2, 0.25) is 20.0 Å². The summed E-state index contributed by atoms with van der Waals surface area (Å²) in [6, 6.07) is 4.19. The van der Waals surface area contributed by atoms with E-state index in [2.05, 4.69) is 4.72 Å². The molecule has 0 unspecified atom stereocenters. The van der Waals surface area contributed by atoms with Crippen LogP contribution < -0.4 is 15.2 Å². The second-order valence-electron chi connectivity index (χ2n) is 4.41. The van der Waals surface area contributed by atoms with Gasteiger partial charge in [0.25, 0.3) is 0 Å². The van der Waals surface area contributed by atoms with Crippen LogP contribution in [0.5, 0.6) is 5.75 Å². The molecule has 0 saturated heterocycles. The predicted molar refractivity (Wildman–Crippen MR) is 80.1 cm³/mol. The van der Waals surface area contributed by atoms with E-state index in [1.807, 2.05) is 0 Å². The number of ether oxygens (including phenoxy) is 1. The first-order chi connectivity index (χ1) is 9.60. The lowest BCUT2D eigenvalue weighted by atomic mass is 10.3. The molecule has 0 saturated carbocycles. The molecule has 0 amide bonds. The van der Waals surface area contributed by atoms with Gasteiger partial charge >= 0.3 is 0 Å². The number of hydrogen-bond acceptors (Lipinski definition) is 6. The summed E-state index contributed by atoms with van der Waals surface area (Å²) >= 11 is 0.